The van der Waals surface area contributed by atoms with Gasteiger partial charge in [-0.25, -0.2) is 0 Å². The van der Waals surface area contributed by atoms with Crippen molar-refractivity contribution in [1.29, 1.82) is 5.26 Å². The number of ether oxygens (including phenoxy) is 2. The monoisotopic (exact) mass is 800 g/mol. The number of nitrogens with one attached hydrogen (secondary N) is 1. The number of aryl methyl sites for hydroxylation is 1. The van der Waals surface area contributed by atoms with Gasteiger partial charge in [0.15, 0.2) is 0 Å². The number of rotatable bonds is 13. The minimum atomic E-state index is -1.36. The number of aromatic nitrogens is 2. The highest BCUT2D eigenvalue weighted by molar-refractivity contribution is 9.10. The van der Waals surface area contributed by atoms with Gasteiger partial charge < -0.3 is 25.0 Å². The van der Waals surface area contributed by atoms with E-state index in [0.717, 1.165) is 41.8 Å². The van der Waals surface area contributed by atoms with Gasteiger partial charge in [-0.05, 0) is 83.6 Å². The van der Waals surface area contributed by atoms with Crippen LogP contribution in [-0.2, 0) is 37.4 Å². The van der Waals surface area contributed by atoms with Crippen LogP contribution in [0.1, 0.15) is 46.7 Å². The summed E-state index contributed by atoms with van der Waals surface area (Å²) in [4.78, 5) is 20.6. The number of carboxylic acids is 1. The van der Waals surface area contributed by atoms with E-state index in [1.807, 2.05) is 36.4 Å². The average Bonchev–Trinajstić information content (AvgIpc) is 3.16. The second kappa shape index (κ2) is 16.4. The lowest BCUT2D eigenvalue weighted by molar-refractivity contribution is -0.150. The number of aliphatic carboxylic acids is 1. The predicted octanol–water partition coefficient (Wildman–Crippen LogP) is 8.57. The maximum absolute atomic E-state index is 11.9. The summed E-state index contributed by atoms with van der Waals surface area (Å²) in [5.74, 6) is -0.658. The molecule has 52 heavy (non-hydrogen) atoms. The number of nitriles is 1. The topological polar surface area (TPSA) is 138 Å². The molecular weight excluding hydrogens is 767 g/mol. The molecule has 0 spiro atoms. The Hall–Kier alpha value is -4.50. The van der Waals surface area contributed by atoms with E-state index < -0.39 is 18.0 Å². The summed E-state index contributed by atoms with van der Waals surface area (Å²) in [6.07, 6.45) is 4.43. The number of halogens is 3. The van der Waals surface area contributed by atoms with Gasteiger partial charge in [0.05, 0.1) is 32.1 Å². The molecule has 12 heteroatoms. The summed E-state index contributed by atoms with van der Waals surface area (Å²) < 4.78 is 12.8. The Labute approximate surface area is 320 Å². The third kappa shape index (κ3) is 8.25. The number of aliphatic hydroxyl groups is 1. The van der Waals surface area contributed by atoms with Crippen LogP contribution in [0.25, 0.3) is 22.3 Å². The number of pyridine rings is 2. The van der Waals surface area contributed by atoms with Crippen molar-refractivity contribution in [1.82, 2.24) is 15.3 Å². The summed E-state index contributed by atoms with van der Waals surface area (Å²) in [7, 11) is 0. The minimum absolute atomic E-state index is 0.0514. The summed E-state index contributed by atoms with van der Waals surface area (Å²) in [5.41, 5.74) is 7.15. The Balaban J connectivity index is 1.26. The number of aliphatic hydroxyl groups excluding tert-OH is 1. The van der Waals surface area contributed by atoms with Gasteiger partial charge in [-0.2, -0.15) is 10.2 Å². The average molecular weight is 803 g/mol. The van der Waals surface area contributed by atoms with Gasteiger partial charge in [0.1, 0.15) is 19.3 Å². The van der Waals surface area contributed by atoms with Crippen molar-refractivity contribution < 1.29 is 24.5 Å². The highest BCUT2D eigenvalue weighted by Crippen LogP contribution is 2.41. The second-order valence-electron chi connectivity index (χ2n) is 12.9. The van der Waals surface area contributed by atoms with E-state index in [9.17, 15) is 20.3 Å². The molecule has 0 aliphatic carbocycles. The number of nitrogens with zero attached hydrogens (tertiary/aromatic N) is 3. The Morgan fingerprint density at radius 1 is 0.962 bits per heavy atom. The first-order chi connectivity index (χ1) is 25.1. The third-order valence-electron chi connectivity index (χ3n) is 9.23. The number of fused-ring (bicyclic) bond motifs is 1. The SMILES string of the molecule is C[C@@](CO)(CCc1cc(Br)c(OCc2cccc(-c3cccc(-c4ccc5c(c4)CNCC5)c3Cl)c2Cl)nc1OCc1cncc(C#N)c1)C(=O)O. The van der Waals surface area contributed by atoms with Crippen molar-refractivity contribution in [3.8, 4) is 40.1 Å². The molecular formula is C40H35BrCl2N4O5. The Bertz CT molecular complexity index is 2180. The lowest BCUT2D eigenvalue weighted by atomic mass is 9.85. The first kappa shape index (κ1) is 37.3. The van der Waals surface area contributed by atoms with E-state index in [4.69, 9.17) is 32.7 Å². The van der Waals surface area contributed by atoms with Gasteiger partial charge in [-0.3, -0.25) is 9.78 Å². The van der Waals surface area contributed by atoms with Gasteiger partial charge in [-0.1, -0.05) is 71.7 Å². The Morgan fingerprint density at radius 3 is 2.48 bits per heavy atom. The molecule has 0 radical (unpaired) electrons. The van der Waals surface area contributed by atoms with Crippen LogP contribution in [0.15, 0.2) is 83.6 Å². The van der Waals surface area contributed by atoms with Crippen LogP contribution >= 0.6 is 39.1 Å². The van der Waals surface area contributed by atoms with Crippen molar-refractivity contribution in [2.24, 2.45) is 5.41 Å². The van der Waals surface area contributed by atoms with Crippen molar-refractivity contribution in [3.63, 3.8) is 0 Å². The molecule has 1 aliphatic rings. The van der Waals surface area contributed by atoms with Crippen molar-refractivity contribution in [2.45, 2.75) is 45.9 Å². The molecule has 0 amide bonds. The molecule has 1 atom stereocenters. The third-order valence-corrected chi connectivity index (χ3v) is 10.7. The zero-order valence-corrected chi connectivity index (χ0v) is 31.4. The van der Waals surface area contributed by atoms with Crippen molar-refractivity contribution in [3.05, 3.63) is 127 Å². The minimum Gasteiger partial charge on any atom is -0.481 e. The molecule has 0 saturated carbocycles. The maximum Gasteiger partial charge on any atom is 0.311 e. The summed E-state index contributed by atoms with van der Waals surface area (Å²) in [6, 6.07) is 23.6. The molecule has 0 bridgehead atoms. The Morgan fingerprint density at radius 2 is 1.71 bits per heavy atom. The number of benzene rings is 3. The highest BCUT2D eigenvalue weighted by atomic mass is 79.9. The molecule has 0 unspecified atom stereocenters. The fourth-order valence-corrected chi connectivity index (χ4v) is 7.10. The van der Waals surface area contributed by atoms with Gasteiger partial charge in [0.2, 0.25) is 11.8 Å². The van der Waals surface area contributed by atoms with E-state index in [2.05, 4.69) is 55.5 Å². The quantitative estimate of drug-likeness (QED) is 0.107. The molecule has 2 aromatic heterocycles. The lowest BCUT2D eigenvalue weighted by Gasteiger charge is -2.22. The molecule has 0 fully saturated rings. The van der Waals surface area contributed by atoms with Crippen molar-refractivity contribution in [2.75, 3.05) is 13.2 Å². The van der Waals surface area contributed by atoms with Crippen LogP contribution in [-0.4, -0.2) is 39.3 Å². The van der Waals surface area contributed by atoms with Crippen molar-refractivity contribution >= 4 is 45.1 Å². The van der Waals surface area contributed by atoms with Gasteiger partial charge in [0, 0.05) is 52.3 Å². The Kier molecular flexibility index (Phi) is 11.8. The van der Waals surface area contributed by atoms with Crippen LogP contribution in [0.5, 0.6) is 11.8 Å². The highest BCUT2D eigenvalue weighted by Gasteiger charge is 2.32. The van der Waals surface area contributed by atoms with E-state index in [0.29, 0.717) is 36.8 Å². The fourth-order valence-electron chi connectivity index (χ4n) is 6.00. The van der Waals surface area contributed by atoms with Gasteiger partial charge in [0.25, 0.3) is 0 Å². The number of carboxylic acid groups (broad SMARTS) is 1. The van der Waals surface area contributed by atoms with E-state index in [-0.39, 0.29) is 37.8 Å². The lowest BCUT2D eigenvalue weighted by Crippen LogP contribution is -2.32. The molecule has 3 heterocycles. The smallest absolute Gasteiger partial charge is 0.311 e. The molecule has 3 N–H and O–H groups in total. The number of carbonyl (C=O) groups is 1. The van der Waals surface area contributed by atoms with Crippen LogP contribution in [0.4, 0.5) is 0 Å². The molecule has 5 aromatic rings. The van der Waals surface area contributed by atoms with E-state index in [1.165, 1.54) is 24.2 Å². The van der Waals surface area contributed by atoms with Gasteiger partial charge >= 0.3 is 5.97 Å². The van der Waals surface area contributed by atoms with E-state index >= 15 is 0 Å². The van der Waals surface area contributed by atoms with Crippen LogP contribution in [0, 0.1) is 16.7 Å². The first-order valence-electron chi connectivity index (χ1n) is 16.6. The predicted molar refractivity (Wildman–Crippen MR) is 203 cm³/mol. The second-order valence-corrected chi connectivity index (χ2v) is 14.5. The molecule has 3 aromatic carbocycles. The fraction of sp³-hybridized carbons (Fsp3) is 0.250. The first-order valence-corrected chi connectivity index (χ1v) is 18.2. The standard InChI is InChI=1S/C40H35BrCl2N4O5/c1-40(23-48,39(49)50)12-10-28-16-34(41)38(47-37(28)51-21-25-14-24(17-44)18-46-19-25)52-22-29-4-2-6-32(35(29)42)33-7-3-5-31(36(33)43)27-9-8-26-11-13-45-20-30(26)15-27/h2-9,14-16,18-19,45,48H,10-13,20-23H2,1H3,(H,49,50)/t40-/m0/s1. The summed E-state index contributed by atoms with van der Waals surface area (Å²) >= 11 is 17.7. The maximum atomic E-state index is 11.9. The van der Waals surface area contributed by atoms with Crippen LogP contribution < -0.4 is 14.8 Å². The van der Waals surface area contributed by atoms with Crippen LogP contribution in [0.2, 0.25) is 10.0 Å². The summed E-state index contributed by atoms with van der Waals surface area (Å²) in [6.45, 7) is 2.89. The molecule has 1 aliphatic heterocycles. The molecule has 0 saturated heterocycles. The normalized spacial score (nSPS) is 13.5. The molecule has 6 rings (SSSR count). The zero-order chi connectivity index (χ0) is 36.8. The van der Waals surface area contributed by atoms with E-state index in [1.54, 1.807) is 18.3 Å². The molecule has 9 nitrogen and oxygen atoms in total. The van der Waals surface area contributed by atoms with Crippen LogP contribution in [0.3, 0.4) is 0 Å². The zero-order valence-electron chi connectivity index (χ0n) is 28.3. The molecule has 266 valence electrons. The largest absolute Gasteiger partial charge is 0.481 e. The summed E-state index contributed by atoms with van der Waals surface area (Å²) in [5, 5.41) is 33.3. The number of hydrogen-bond acceptors (Lipinski definition) is 8. The van der Waals surface area contributed by atoms with Gasteiger partial charge in [-0.15, -0.1) is 0 Å². The number of hydrogen-bond donors (Lipinski definition) is 3.